The van der Waals surface area contributed by atoms with Crippen molar-refractivity contribution >= 4 is 27.7 Å². The van der Waals surface area contributed by atoms with E-state index in [1.807, 2.05) is 18.3 Å². The third-order valence-corrected chi connectivity index (χ3v) is 4.46. The van der Waals surface area contributed by atoms with Crippen molar-refractivity contribution < 1.29 is 4.79 Å². The largest absolute Gasteiger partial charge is 0.359 e. The molecule has 5 nitrogen and oxygen atoms in total. The maximum Gasteiger partial charge on any atom is 0.233 e. The van der Waals surface area contributed by atoms with Crippen LogP contribution in [0, 0.1) is 5.92 Å². The summed E-state index contributed by atoms with van der Waals surface area (Å²) in [6, 6.07) is 4.05. The van der Waals surface area contributed by atoms with Crippen LogP contribution >= 0.6 is 15.9 Å². The van der Waals surface area contributed by atoms with Gasteiger partial charge in [0.1, 0.15) is 5.82 Å². The lowest BCUT2D eigenvalue weighted by Crippen LogP contribution is -2.42. The highest BCUT2D eigenvalue weighted by Crippen LogP contribution is 2.20. The van der Waals surface area contributed by atoms with Crippen molar-refractivity contribution in [2.75, 3.05) is 45.2 Å². The number of nitrogens with zero attached hydrogens (tertiary/aromatic N) is 3. The third-order valence-electron chi connectivity index (χ3n) is 3.99. The molecule has 0 aliphatic carbocycles. The van der Waals surface area contributed by atoms with Crippen LogP contribution < -0.4 is 10.2 Å². The molecule has 2 heterocycles. The first kappa shape index (κ1) is 16.2. The number of aromatic nitrogens is 1. The molecule has 1 aliphatic rings. The second-order valence-corrected chi connectivity index (χ2v) is 6.52. The van der Waals surface area contributed by atoms with Gasteiger partial charge in [0.25, 0.3) is 0 Å². The number of carbonyl (C=O) groups excluding carboxylic acids is 1. The van der Waals surface area contributed by atoms with Gasteiger partial charge in [0.05, 0.1) is 6.54 Å². The zero-order chi connectivity index (χ0) is 15.2. The second kappa shape index (κ2) is 7.75. The Hall–Kier alpha value is -1.14. The molecule has 0 saturated carbocycles. The molecule has 0 aromatic carbocycles. The number of nitrogens with one attached hydrogen (secondary N) is 1. The highest BCUT2D eigenvalue weighted by Gasteiger charge is 2.21. The maximum atomic E-state index is 11.4. The molecule has 0 unspecified atom stereocenters. The van der Waals surface area contributed by atoms with Crippen LogP contribution in [0.3, 0.4) is 0 Å². The summed E-state index contributed by atoms with van der Waals surface area (Å²) < 4.78 is 1.00. The molecule has 1 saturated heterocycles. The molecule has 1 fully saturated rings. The highest BCUT2D eigenvalue weighted by molar-refractivity contribution is 9.10. The van der Waals surface area contributed by atoms with E-state index in [-0.39, 0.29) is 5.91 Å². The predicted molar refractivity (Wildman–Crippen MR) is 88.4 cm³/mol. The fourth-order valence-electron chi connectivity index (χ4n) is 2.68. The normalized spacial score (nSPS) is 16.7. The van der Waals surface area contributed by atoms with Crippen LogP contribution in [-0.4, -0.2) is 56.1 Å². The van der Waals surface area contributed by atoms with Gasteiger partial charge in [0.15, 0.2) is 0 Å². The summed E-state index contributed by atoms with van der Waals surface area (Å²) in [6.07, 6.45) is 4.10. The van der Waals surface area contributed by atoms with Gasteiger partial charge in [-0.1, -0.05) is 0 Å². The molecule has 0 bridgehead atoms. The number of hydrogen-bond acceptors (Lipinski definition) is 4. The molecule has 0 atom stereocenters. The van der Waals surface area contributed by atoms with E-state index in [2.05, 4.69) is 43.1 Å². The Bertz CT molecular complexity index is 457. The van der Waals surface area contributed by atoms with Crippen molar-refractivity contribution in [2.45, 2.75) is 12.8 Å². The second-order valence-electron chi connectivity index (χ2n) is 5.61. The number of anilines is 1. The number of amides is 1. The van der Waals surface area contributed by atoms with Crippen molar-refractivity contribution in [3.63, 3.8) is 0 Å². The minimum atomic E-state index is 0.102. The minimum absolute atomic E-state index is 0.102. The Morgan fingerprint density at radius 1 is 1.48 bits per heavy atom. The number of piperidine rings is 1. The van der Waals surface area contributed by atoms with Gasteiger partial charge in [-0.2, -0.15) is 0 Å². The van der Waals surface area contributed by atoms with Gasteiger partial charge in [-0.15, -0.1) is 0 Å². The first-order valence-corrected chi connectivity index (χ1v) is 8.13. The van der Waals surface area contributed by atoms with Gasteiger partial charge in [-0.05, 0) is 59.9 Å². The number of likely N-dealkylation sites (tertiary alicyclic amines) is 1. The summed E-state index contributed by atoms with van der Waals surface area (Å²) in [5.41, 5.74) is 0. The molecule has 1 aliphatic heterocycles. The highest BCUT2D eigenvalue weighted by atomic mass is 79.9. The smallest absolute Gasteiger partial charge is 0.233 e. The van der Waals surface area contributed by atoms with Crippen LogP contribution in [-0.2, 0) is 4.79 Å². The number of pyridine rings is 1. The fraction of sp³-hybridized carbons (Fsp3) is 0.600. The van der Waals surface area contributed by atoms with Crippen molar-refractivity contribution in [2.24, 2.45) is 5.92 Å². The first-order chi connectivity index (χ1) is 10.1. The Kier molecular flexibility index (Phi) is 5.99. The van der Waals surface area contributed by atoms with Crippen LogP contribution in [0.25, 0.3) is 0 Å². The van der Waals surface area contributed by atoms with E-state index < -0.39 is 0 Å². The topological polar surface area (TPSA) is 48.5 Å². The number of halogens is 1. The molecule has 1 aromatic heterocycles. The van der Waals surface area contributed by atoms with E-state index in [1.54, 1.807) is 7.05 Å². The number of rotatable bonds is 5. The minimum Gasteiger partial charge on any atom is -0.359 e. The molecular formula is C15H23BrN4O. The van der Waals surface area contributed by atoms with Crippen molar-refractivity contribution in [3.05, 3.63) is 22.8 Å². The van der Waals surface area contributed by atoms with E-state index >= 15 is 0 Å². The third kappa shape index (κ3) is 4.97. The molecule has 6 heteroatoms. The molecule has 0 radical (unpaired) electrons. The van der Waals surface area contributed by atoms with Gasteiger partial charge in [0, 0.05) is 31.3 Å². The summed E-state index contributed by atoms with van der Waals surface area (Å²) in [6.45, 7) is 3.54. The van der Waals surface area contributed by atoms with Crippen LogP contribution in [0.2, 0.25) is 0 Å². The molecular weight excluding hydrogens is 332 g/mol. The number of hydrogen-bond donors (Lipinski definition) is 1. The molecule has 1 N–H and O–H groups in total. The Labute approximate surface area is 134 Å². The van der Waals surface area contributed by atoms with Gasteiger partial charge in [-0.25, -0.2) is 4.98 Å². The first-order valence-electron chi connectivity index (χ1n) is 7.34. The van der Waals surface area contributed by atoms with Crippen molar-refractivity contribution in [1.29, 1.82) is 0 Å². The average molecular weight is 355 g/mol. The fourth-order valence-corrected chi connectivity index (χ4v) is 2.92. The summed E-state index contributed by atoms with van der Waals surface area (Å²) in [4.78, 5) is 20.2. The van der Waals surface area contributed by atoms with Gasteiger partial charge >= 0.3 is 0 Å². The summed E-state index contributed by atoms with van der Waals surface area (Å²) >= 11 is 3.41. The van der Waals surface area contributed by atoms with Gasteiger partial charge in [0.2, 0.25) is 5.91 Å². The van der Waals surface area contributed by atoms with Crippen LogP contribution in [0.1, 0.15) is 12.8 Å². The van der Waals surface area contributed by atoms with E-state index in [0.717, 1.165) is 42.8 Å². The Balaban J connectivity index is 1.77. The van der Waals surface area contributed by atoms with Crippen LogP contribution in [0.15, 0.2) is 22.8 Å². The maximum absolute atomic E-state index is 11.4. The molecule has 1 aromatic rings. The SMILES string of the molecule is CNC(=O)CN1CCC(CN(C)c2ccc(Br)cn2)CC1. The van der Waals surface area contributed by atoms with E-state index in [0.29, 0.717) is 12.5 Å². The predicted octanol–water partition coefficient (Wildman–Crippen LogP) is 1.74. The average Bonchev–Trinajstić information content (AvgIpc) is 2.49. The zero-order valence-corrected chi connectivity index (χ0v) is 14.3. The number of carbonyl (C=O) groups is 1. The summed E-state index contributed by atoms with van der Waals surface area (Å²) in [5, 5.41) is 2.68. The Morgan fingerprint density at radius 2 is 2.19 bits per heavy atom. The van der Waals surface area contributed by atoms with Crippen LogP contribution in [0.5, 0.6) is 0 Å². The van der Waals surface area contributed by atoms with E-state index in [9.17, 15) is 4.79 Å². The van der Waals surface area contributed by atoms with Crippen molar-refractivity contribution in [3.8, 4) is 0 Å². The van der Waals surface area contributed by atoms with Gasteiger partial charge in [-0.3, -0.25) is 9.69 Å². The number of likely N-dealkylation sites (N-methyl/N-ethyl adjacent to an activating group) is 1. The lowest BCUT2D eigenvalue weighted by Gasteiger charge is -2.33. The quantitative estimate of drug-likeness (QED) is 0.874. The van der Waals surface area contributed by atoms with E-state index in [1.165, 1.54) is 0 Å². The molecule has 1 amide bonds. The lowest BCUT2D eigenvalue weighted by atomic mass is 9.96. The van der Waals surface area contributed by atoms with Crippen LogP contribution in [0.4, 0.5) is 5.82 Å². The summed E-state index contributed by atoms with van der Waals surface area (Å²) in [7, 11) is 3.78. The van der Waals surface area contributed by atoms with Gasteiger partial charge < -0.3 is 10.2 Å². The zero-order valence-electron chi connectivity index (χ0n) is 12.7. The molecule has 2 rings (SSSR count). The summed E-state index contributed by atoms with van der Waals surface area (Å²) in [5.74, 6) is 1.78. The molecule has 116 valence electrons. The Morgan fingerprint density at radius 3 is 2.76 bits per heavy atom. The van der Waals surface area contributed by atoms with Crippen molar-refractivity contribution in [1.82, 2.24) is 15.2 Å². The molecule has 0 spiro atoms. The monoisotopic (exact) mass is 354 g/mol. The lowest BCUT2D eigenvalue weighted by molar-refractivity contribution is -0.122. The standard InChI is InChI=1S/C15H23BrN4O/c1-17-15(21)11-20-7-5-12(6-8-20)10-19(2)14-4-3-13(16)9-18-14/h3-4,9,12H,5-8,10-11H2,1-2H3,(H,17,21). The van der Waals surface area contributed by atoms with E-state index in [4.69, 9.17) is 0 Å². The molecule has 21 heavy (non-hydrogen) atoms.